The Bertz CT molecular complexity index is 1020. The van der Waals surface area contributed by atoms with Crippen LogP contribution in [0.2, 0.25) is 0 Å². The van der Waals surface area contributed by atoms with Crippen LogP contribution in [0.25, 0.3) is 0 Å². The van der Waals surface area contributed by atoms with E-state index in [0.717, 1.165) is 11.1 Å². The van der Waals surface area contributed by atoms with Gasteiger partial charge in [0, 0.05) is 35.5 Å². The predicted octanol–water partition coefficient (Wildman–Crippen LogP) is 4.72. The molecule has 32 heavy (non-hydrogen) atoms. The second kappa shape index (κ2) is 11.6. The van der Waals surface area contributed by atoms with Gasteiger partial charge in [-0.2, -0.15) is 0 Å². The predicted molar refractivity (Wildman–Crippen MR) is 120 cm³/mol. The van der Waals surface area contributed by atoms with Crippen LogP contribution in [0.15, 0.2) is 72.8 Å². The van der Waals surface area contributed by atoms with Crippen LogP contribution in [0.4, 0.5) is 14.5 Å². The average molecular weight is 458 g/mol. The molecule has 1 N–H and O–H groups in total. The molecule has 8 heteroatoms. The summed E-state index contributed by atoms with van der Waals surface area (Å²) in [6.45, 7) is -0.998. The van der Waals surface area contributed by atoms with Crippen LogP contribution in [0.5, 0.6) is 0 Å². The Hall–Kier alpha value is -2.94. The summed E-state index contributed by atoms with van der Waals surface area (Å²) in [4.78, 5) is 15.1. The van der Waals surface area contributed by atoms with Crippen molar-refractivity contribution < 1.29 is 22.3 Å². The zero-order valence-electron chi connectivity index (χ0n) is 17.3. The van der Waals surface area contributed by atoms with Gasteiger partial charge in [-0.15, -0.1) is 0 Å². The number of nitrogens with one attached hydrogen (secondary N) is 1. The van der Waals surface area contributed by atoms with Crippen LogP contribution < -0.4 is 4.72 Å². The zero-order chi connectivity index (χ0) is 22.9. The number of halogens is 2. The molecule has 1 atom stereocenters. The summed E-state index contributed by atoms with van der Waals surface area (Å²) in [6.07, 6.45) is 0. The number of carbonyl (C=O) groups excluding carboxylic acids is 1. The van der Waals surface area contributed by atoms with Crippen molar-refractivity contribution in [3.05, 3.63) is 101 Å². The highest BCUT2D eigenvalue weighted by Gasteiger charge is 2.19. The molecule has 0 bridgehead atoms. The number of rotatable bonds is 11. The van der Waals surface area contributed by atoms with E-state index in [1.54, 1.807) is 0 Å². The minimum Gasteiger partial charge on any atom is -0.755 e. The molecule has 0 aliphatic rings. The van der Waals surface area contributed by atoms with Crippen molar-refractivity contribution in [3.63, 3.8) is 0 Å². The lowest BCUT2D eigenvalue weighted by molar-refractivity contribution is 0.0918. The van der Waals surface area contributed by atoms with Crippen LogP contribution in [-0.4, -0.2) is 26.0 Å². The maximum atomic E-state index is 13.7. The Morgan fingerprint density at radius 3 is 1.88 bits per heavy atom. The summed E-state index contributed by atoms with van der Waals surface area (Å²) in [5.41, 5.74) is 1.99. The maximum absolute atomic E-state index is 13.7. The molecule has 0 spiro atoms. The lowest BCUT2D eigenvalue weighted by Crippen LogP contribution is -2.30. The number of benzene rings is 3. The number of alkyl halides is 2. The number of carbonyl (C=O) groups is 1. The summed E-state index contributed by atoms with van der Waals surface area (Å²) in [7, 11) is 0. The number of hydrogen-bond acceptors (Lipinski definition) is 4. The minimum absolute atomic E-state index is 0.0222. The van der Waals surface area contributed by atoms with Crippen LogP contribution in [0, 0.1) is 0 Å². The van der Waals surface area contributed by atoms with Crippen LogP contribution >= 0.6 is 0 Å². The third kappa shape index (κ3) is 6.53. The lowest BCUT2D eigenvalue weighted by Gasteiger charge is -2.23. The van der Waals surface area contributed by atoms with E-state index in [-0.39, 0.29) is 34.7 Å². The average Bonchev–Trinajstić information content (AvgIpc) is 2.79. The zero-order valence-corrected chi connectivity index (χ0v) is 18.1. The molecule has 0 radical (unpaired) electrons. The van der Waals surface area contributed by atoms with Gasteiger partial charge in [-0.25, -0.2) is 8.78 Å². The monoisotopic (exact) mass is 457 g/mol. The normalized spacial score (nSPS) is 12.0. The molecular formula is C24H23F2N2O3S-. The van der Waals surface area contributed by atoms with E-state index in [1.165, 1.54) is 12.1 Å². The third-order valence-electron chi connectivity index (χ3n) is 4.98. The van der Waals surface area contributed by atoms with Gasteiger partial charge in [-0.05, 0) is 28.8 Å². The smallest absolute Gasteiger partial charge is 0.177 e. The molecular weight excluding hydrogens is 434 g/mol. The van der Waals surface area contributed by atoms with Gasteiger partial charge in [0.2, 0.25) is 0 Å². The van der Waals surface area contributed by atoms with Crippen molar-refractivity contribution in [1.82, 2.24) is 4.90 Å². The van der Waals surface area contributed by atoms with E-state index in [9.17, 15) is 22.3 Å². The van der Waals surface area contributed by atoms with Crippen molar-refractivity contribution in [1.29, 1.82) is 0 Å². The summed E-state index contributed by atoms with van der Waals surface area (Å²) in [5, 5.41) is 0. The molecule has 0 aliphatic carbocycles. The van der Waals surface area contributed by atoms with Crippen molar-refractivity contribution in [3.8, 4) is 0 Å². The van der Waals surface area contributed by atoms with E-state index < -0.39 is 24.6 Å². The molecule has 0 saturated carbocycles. The summed E-state index contributed by atoms with van der Waals surface area (Å²) >= 11 is -2.70. The van der Waals surface area contributed by atoms with Gasteiger partial charge in [-0.3, -0.25) is 13.9 Å². The van der Waals surface area contributed by atoms with E-state index in [2.05, 4.69) is 4.72 Å². The van der Waals surface area contributed by atoms with E-state index >= 15 is 0 Å². The summed E-state index contributed by atoms with van der Waals surface area (Å²) < 4.78 is 51.2. The van der Waals surface area contributed by atoms with E-state index in [4.69, 9.17) is 0 Å². The Morgan fingerprint density at radius 2 is 1.41 bits per heavy atom. The highest BCUT2D eigenvalue weighted by molar-refractivity contribution is 7.80. The summed E-state index contributed by atoms with van der Waals surface area (Å²) in [5.74, 6) is -0.380. The first kappa shape index (κ1) is 23.7. The van der Waals surface area contributed by atoms with E-state index in [0.29, 0.717) is 13.1 Å². The fourth-order valence-electron chi connectivity index (χ4n) is 3.50. The Balaban J connectivity index is 1.89. The minimum atomic E-state index is -2.70. The van der Waals surface area contributed by atoms with Gasteiger partial charge >= 0.3 is 0 Å². The number of anilines is 1. The highest BCUT2D eigenvalue weighted by Crippen LogP contribution is 2.25. The van der Waals surface area contributed by atoms with Gasteiger partial charge < -0.3 is 9.27 Å². The molecule has 5 nitrogen and oxygen atoms in total. The fourth-order valence-corrected chi connectivity index (χ4v) is 3.87. The van der Waals surface area contributed by atoms with Crippen molar-refractivity contribution in [2.24, 2.45) is 0 Å². The second-order valence-electron chi connectivity index (χ2n) is 7.31. The standard InChI is InChI=1S/C24H24F2N2O3S/c25-13-20-11-21(14-26)23(27-32(30)31)12-22(20)24(29)17-28(15-18-7-3-1-4-8-18)16-19-9-5-2-6-10-19/h1-12,27H,13-17H2,(H,30,31)/p-1. The van der Waals surface area contributed by atoms with Gasteiger partial charge in [0.15, 0.2) is 5.78 Å². The molecule has 3 rings (SSSR count). The van der Waals surface area contributed by atoms with Crippen LogP contribution in [-0.2, 0) is 37.7 Å². The van der Waals surface area contributed by atoms with E-state index in [1.807, 2.05) is 65.6 Å². The molecule has 0 heterocycles. The lowest BCUT2D eigenvalue weighted by atomic mass is 9.99. The first-order valence-corrected chi connectivity index (χ1v) is 11.0. The first-order chi connectivity index (χ1) is 15.5. The molecule has 3 aromatic carbocycles. The van der Waals surface area contributed by atoms with Crippen LogP contribution in [0.3, 0.4) is 0 Å². The van der Waals surface area contributed by atoms with Crippen molar-refractivity contribution in [2.75, 3.05) is 11.3 Å². The molecule has 0 amide bonds. The molecule has 0 fully saturated rings. The summed E-state index contributed by atoms with van der Waals surface area (Å²) in [6, 6.07) is 21.7. The molecule has 0 aliphatic heterocycles. The number of ketones is 1. The maximum Gasteiger partial charge on any atom is 0.177 e. The highest BCUT2D eigenvalue weighted by atomic mass is 32.2. The Labute approximate surface area is 188 Å². The molecule has 1 unspecified atom stereocenters. The second-order valence-corrected chi connectivity index (χ2v) is 7.98. The SMILES string of the molecule is O=C(CN(Cc1ccccc1)Cc1ccccc1)c1cc(NS(=O)[O-])c(CF)cc1CF. The van der Waals surface area contributed by atoms with Crippen molar-refractivity contribution >= 4 is 22.7 Å². The molecule has 0 aromatic heterocycles. The van der Waals surface area contributed by atoms with Gasteiger partial charge in [-0.1, -0.05) is 60.7 Å². The van der Waals surface area contributed by atoms with Gasteiger partial charge in [0.1, 0.15) is 13.3 Å². The quantitative estimate of drug-likeness (QED) is 0.334. The number of Topliss-reactive ketones (excluding diaryl/α,β-unsaturated/α-hetero) is 1. The van der Waals surface area contributed by atoms with Crippen LogP contribution in [0.1, 0.15) is 32.6 Å². The number of hydrogen-bond donors (Lipinski definition) is 1. The largest absolute Gasteiger partial charge is 0.755 e. The van der Waals surface area contributed by atoms with Gasteiger partial charge in [0.05, 0.1) is 12.2 Å². The molecule has 3 aromatic rings. The fraction of sp³-hybridized carbons (Fsp3) is 0.208. The molecule has 168 valence electrons. The Morgan fingerprint density at radius 1 is 0.875 bits per heavy atom. The third-order valence-corrected chi connectivity index (χ3v) is 5.36. The number of nitrogens with zero attached hydrogens (tertiary/aromatic N) is 1. The van der Waals surface area contributed by atoms with Crippen molar-refractivity contribution in [2.45, 2.75) is 26.4 Å². The Kier molecular flexibility index (Phi) is 8.61. The molecule has 0 saturated heterocycles. The first-order valence-electron chi connectivity index (χ1n) is 9.97. The topological polar surface area (TPSA) is 72.5 Å². The van der Waals surface area contributed by atoms with Gasteiger partial charge in [0.25, 0.3) is 0 Å².